The van der Waals surface area contributed by atoms with Gasteiger partial charge < -0.3 is 5.73 Å². The van der Waals surface area contributed by atoms with Gasteiger partial charge in [0.15, 0.2) is 0 Å². The first-order valence-electron chi connectivity index (χ1n) is 5.17. The van der Waals surface area contributed by atoms with Gasteiger partial charge in [0, 0.05) is 31.3 Å². The maximum atomic E-state index is 11.9. The molecule has 6 nitrogen and oxygen atoms in total. The number of aromatic nitrogens is 2. The molecule has 0 aliphatic carbocycles. The number of nitrogen functional groups attached to an aromatic ring is 1. The molecule has 0 amide bonds. The van der Waals surface area contributed by atoms with Gasteiger partial charge in [-0.1, -0.05) is 6.07 Å². The number of anilines is 1. The highest BCUT2D eigenvalue weighted by Gasteiger charge is 2.14. The largest absolute Gasteiger partial charge is 0.397 e. The Labute approximate surface area is 105 Å². The molecule has 0 aliphatic rings. The molecule has 94 valence electrons. The van der Waals surface area contributed by atoms with Crippen molar-refractivity contribution >= 4 is 15.7 Å². The normalized spacial score (nSPS) is 11.3. The van der Waals surface area contributed by atoms with Crippen LogP contribution in [0.15, 0.2) is 47.9 Å². The van der Waals surface area contributed by atoms with Gasteiger partial charge in [-0.05, 0) is 17.7 Å². The van der Waals surface area contributed by atoms with Crippen LogP contribution in [0.25, 0.3) is 0 Å². The van der Waals surface area contributed by atoms with E-state index < -0.39 is 10.0 Å². The van der Waals surface area contributed by atoms with Gasteiger partial charge in [0.1, 0.15) is 4.90 Å². The summed E-state index contributed by atoms with van der Waals surface area (Å²) in [5.41, 5.74) is 6.58. The Morgan fingerprint density at radius 3 is 2.72 bits per heavy atom. The van der Waals surface area contributed by atoms with E-state index in [1.165, 1.54) is 18.5 Å². The Kier molecular flexibility index (Phi) is 3.54. The van der Waals surface area contributed by atoms with Crippen LogP contribution in [0.5, 0.6) is 0 Å². The molecule has 7 heteroatoms. The number of sulfonamides is 1. The summed E-state index contributed by atoms with van der Waals surface area (Å²) in [4.78, 5) is 7.70. The molecule has 0 atom stereocenters. The van der Waals surface area contributed by atoms with Crippen LogP contribution < -0.4 is 10.5 Å². The maximum Gasteiger partial charge on any atom is 0.242 e. The highest BCUT2D eigenvalue weighted by atomic mass is 32.2. The number of pyridine rings is 2. The molecule has 0 fully saturated rings. The van der Waals surface area contributed by atoms with Crippen molar-refractivity contribution in [3.05, 3.63) is 48.5 Å². The molecule has 2 rings (SSSR count). The van der Waals surface area contributed by atoms with Crippen LogP contribution in [0, 0.1) is 0 Å². The van der Waals surface area contributed by atoms with Gasteiger partial charge in [0.25, 0.3) is 0 Å². The number of hydrogen-bond acceptors (Lipinski definition) is 5. The molecule has 2 heterocycles. The Morgan fingerprint density at radius 1 is 1.22 bits per heavy atom. The Bertz CT molecular complexity index is 629. The second kappa shape index (κ2) is 5.11. The smallest absolute Gasteiger partial charge is 0.242 e. The quantitative estimate of drug-likeness (QED) is 0.839. The summed E-state index contributed by atoms with van der Waals surface area (Å²) < 4.78 is 26.3. The average Bonchev–Trinajstić information content (AvgIpc) is 2.38. The van der Waals surface area contributed by atoms with E-state index in [9.17, 15) is 8.42 Å². The predicted octanol–water partition coefficient (Wildman–Crippen LogP) is 0.537. The number of nitrogens with zero attached hydrogens (tertiary/aromatic N) is 2. The molecular weight excluding hydrogens is 252 g/mol. The summed E-state index contributed by atoms with van der Waals surface area (Å²) in [5.74, 6) is 0. The van der Waals surface area contributed by atoms with Crippen LogP contribution in [0.4, 0.5) is 5.69 Å². The second-order valence-electron chi connectivity index (χ2n) is 3.64. The summed E-state index contributed by atoms with van der Waals surface area (Å²) in [5, 5.41) is 0. The number of nitrogens with two attached hydrogens (primary N) is 1. The van der Waals surface area contributed by atoms with Crippen LogP contribution in [-0.4, -0.2) is 18.4 Å². The lowest BCUT2D eigenvalue weighted by Crippen LogP contribution is -2.23. The number of hydrogen-bond donors (Lipinski definition) is 2. The third kappa shape index (κ3) is 3.02. The average molecular weight is 264 g/mol. The highest BCUT2D eigenvalue weighted by Crippen LogP contribution is 2.11. The van der Waals surface area contributed by atoms with Crippen molar-refractivity contribution in [2.75, 3.05) is 5.73 Å². The van der Waals surface area contributed by atoms with E-state index in [1.807, 2.05) is 0 Å². The molecule has 3 N–H and O–H groups in total. The van der Waals surface area contributed by atoms with Crippen molar-refractivity contribution in [1.29, 1.82) is 0 Å². The molecule has 0 aromatic carbocycles. The molecular formula is C11H12N4O2S. The zero-order chi connectivity index (χ0) is 13.0. The van der Waals surface area contributed by atoms with E-state index in [2.05, 4.69) is 14.7 Å². The summed E-state index contributed by atoms with van der Waals surface area (Å²) in [6.45, 7) is 0.172. The van der Waals surface area contributed by atoms with E-state index in [0.29, 0.717) is 5.69 Å². The minimum atomic E-state index is -3.60. The summed E-state index contributed by atoms with van der Waals surface area (Å²) in [6, 6.07) is 4.89. The fourth-order valence-corrected chi connectivity index (χ4v) is 2.36. The first-order valence-corrected chi connectivity index (χ1v) is 6.65. The molecule has 18 heavy (non-hydrogen) atoms. The van der Waals surface area contributed by atoms with Gasteiger partial charge in [0.2, 0.25) is 10.0 Å². The first-order chi connectivity index (χ1) is 8.58. The van der Waals surface area contributed by atoms with Gasteiger partial charge in [-0.2, -0.15) is 0 Å². The molecule has 2 aromatic heterocycles. The van der Waals surface area contributed by atoms with Crippen molar-refractivity contribution in [3.63, 3.8) is 0 Å². The van der Waals surface area contributed by atoms with E-state index in [-0.39, 0.29) is 11.4 Å². The van der Waals surface area contributed by atoms with Gasteiger partial charge in [0.05, 0.1) is 5.69 Å². The van der Waals surface area contributed by atoms with Crippen LogP contribution in [0.1, 0.15) is 5.56 Å². The minimum absolute atomic E-state index is 0.0476. The van der Waals surface area contributed by atoms with Gasteiger partial charge in [-0.25, -0.2) is 13.1 Å². The summed E-state index contributed by atoms with van der Waals surface area (Å²) in [7, 11) is -3.60. The molecule has 0 bridgehead atoms. The lowest BCUT2D eigenvalue weighted by Gasteiger charge is -2.06. The predicted molar refractivity (Wildman–Crippen MR) is 66.9 cm³/mol. The third-order valence-corrected chi connectivity index (χ3v) is 3.60. The van der Waals surface area contributed by atoms with Crippen LogP contribution in [-0.2, 0) is 16.6 Å². The Morgan fingerprint density at radius 2 is 2.06 bits per heavy atom. The topological polar surface area (TPSA) is 98.0 Å². The summed E-state index contributed by atoms with van der Waals surface area (Å²) >= 11 is 0. The van der Waals surface area contributed by atoms with Crippen molar-refractivity contribution in [2.24, 2.45) is 0 Å². The van der Waals surface area contributed by atoms with Crippen LogP contribution in [0.2, 0.25) is 0 Å². The van der Waals surface area contributed by atoms with Crippen molar-refractivity contribution in [2.45, 2.75) is 11.4 Å². The monoisotopic (exact) mass is 264 g/mol. The fraction of sp³-hybridized carbons (Fsp3) is 0.0909. The van der Waals surface area contributed by atoms with Crippen LogP contribution in [0.3, 0.4) is 0 Å². The number of rotatable bonds is 4. The van der Waals surface area contributed by atoms with Crippen molar-refractivity contribution < 1.29 is 8.42 Å². The number of nitrogens with one attached hydrogen (secondary N) is 1. The van der Waals surface area contributed by atoms with E-state index >= 15 is 0 Å². The lowest BCUT2D eigenvalue weighted by molar-refractivity contribution is 0.581. The molecule has 0 saturated heterocycles. The van der Waals surface area contributed by atoms with Crippen molar-refractivity contribution in [3.8, 4) is 0 Å². The molecule has 0 aliphatic heterocycles. The summed E-state index contributed by atoms with van der Waals surface area (Å²) in [6.07, 6.45) is 5.86. The van der Waals surface area contributed by atoms with E-state index in [4.69, 9.17) is 5.73 Å². The SMILES string of the molecule is Nc1cncc(S(=O)(=O)NCc2cccnc2)c1. The molecule has 0 saturated carbocycles. The van der Waals surface area contributed by atoms with Gasteiger partial charge in [-0.15, -0.1) is 0 Å². The Hall–Kier alpha value is -1.99. The zero-order valence-electron chi connectivity index (χ0n) is 9.45. The molecule has 0 unspecified atom stereocenters. The first kappa shape index (κ1) is 12.5. The van der Waals surface area contributed by atoms with Gasteiger partial charge >= 0.3 is 0 Å². The fourth-order valence-electron chi connectivity index (χ4n) is 1.35. The molecule has 2 aromatic rings. The third-order valence-electron chi connectivity index (χ3n) is 2.23. The molecule has 0 spiro atoms. The standard InChI is InChI=1S/C11H12N4O2S/c12-10-4-11(8-14-7-10)18(16,17)15-6-9-2-1-3-13-5-9/h1-5,7-8,15H,6,12H2. The van der Waals surface area contributed by atoms with Crippen LogP contribution >= 0.6 is 0 Å². The van der Waals surface area contributed by atoms with Crippen molar-refractivity contribution in [1.82, 2.24) is 14.7 Å². The van der Waals surface area contributed by atoms with Gasteiger partial charge in [-0.3, -0.25) is 9.97 Å². The Balaban J connectivity index is 2.13. The molecule has 0 radical (unpaired) electrons. The minimum Gasteiger partial charge on any atom is -0.397 e. The highest BCUT2D eigenvalue weighted by molar-refractivity contribution is 7.89. The van der Waals surface area contributed by atoms with E-state index in [1.54, 1.807) is 24.5 Å². The second-order valence-corrected chi connectivity index (χ2v) is 5.41. The van der Waals surface area contributed by atoms with E-state index in [0.717, 1.165) is 5.56 Å². The maximum absolute atomic E-state index is 11.9. The lowest BCUT2D eigenvalue weighted by atomic mass is 10.3. The zero-order valence-corrected chi connectivity index (χ0v) is 10.3.